The smallest absolute Gasteiger partial charge is 0.147 e. The van der Waals surface area contributed by atoms with Crippen LogP contribution in [0.1, 0.15) is 5.76 Å². The molecule has 0 amide bonds. The zero-order valence-corrected chi connectivity index (χ0v) is 9.63. The van der Waals surface area contributed by atoms with Crippen LogP contribution in [-0.4, -0.2) is 17.3 Å². The van der Waals surface area contributed by atoms with Crippen LogP contribution < -0.4 is 0 Å². The molecule has 0 spiro atoms. The largest absolute Gasteiger partial charge is 0.461 e. The molecule has 1 aromatic carbocycles. The van der Waals surface area contributed by atoms with Crippen LogP contribution in [0, 0.1) is 5.92 Å². The molecule has 1 unspecified atom stereocenters. The van der Waals surface area contributed by atoms with E-state index in [0.29, 0.717) is 11.5 Å². The number of furan rings is 1. The van der Waals surface area contributed by atoms with E-state index in [1.165, 1.54) is 0 Å². The van der Waals surface area contributed by atoms with Crippen LogP contribution in [0.25, 0.3) is 11.0 Å². The second-order valence-corrected chi connectivity index (χ2v) is 5.16. The molecule has 0 N–H and O–H groups in total. The molecule has 82 valence electrons. The van der Waals surface area contributed by atoms with Gasteiger partial charge in [-0.2, -0.15) is 11.8 Å². The van der Waals surface area contributed by atoms with Crippen molar-refractivity contribution in [1.82, 2.24) is 0 Å². The van der Waals surface area contributed by atoms with Gasteiger partial charge in [-0.3, -0.25) is 4.79 Å². The lowest BCUT2D eigenvalue weighted by Gasteiger charge is -2.02. The van der Waals surface area contributed by atoms with E-state index in [2.05, 4.69) is 0 Å². The van der Waals surface area contributed by atoms with Gasteiger partial charge in [0.25, 0.3) is 0 Å². The average molecular weight is 232 g/mol. The first-order valence-electron chi connectivity index (χ1n) is 5.41. The van der Waals surface area contributed by atoms with E-state index in [-0.39, 0.29) is 5.92 Å². The standard InChI is InChI=1S/C13H12O2S/c14-12-8-16-7-10(12)6-11-5-9-3-1-2-4-13(9)15-11/h1-5,10H,6-8H2. The molecule has 2 nitrogen and oxygen atoms in total. The number of rotatable bonds is 2. The molecule has 0 aliphatic carbocycles. The molecule has 2 aromatic rings. The molecular weight excluding hydrogens is 220 g/mol. The van der Waals surface area contributed by atoms with E-state index in [0.717, 1.165) is 28.9 Å². The molecule has 1 atom stereocenters. The Bertz CT molecular complexity index is 496. The lowest BCUT2D eigenvalue weighted by Crippen LogP contribution is -2.13. The van der Waals surface area contributed by atoms with E-state index in [4.69, 9.17) is 4.42 Å². The minimum absolute atomic E-state index is 0.158. The third-order valence-electron chi connectivity index (χ3n) is 2.94. The van der Waals surface area contributed by atoms with Crippen LogP contribution in [0.4, 0.5) is 0 Å². The molecule has 1 fully saturated rings. The molecule has 0 saturated carbocycles. The fourth-order valence-electron chi connectivity index (χ4n) is 2.07. The van der Waals surface area contributed by atoms with Gasteiger partial charge in [0.05, 0.1) is 5.75 Å². The van der Waals surface area contributed by atoms with Crippen molar-refractivity contribution in [2.24, 2.45) is 5.92 Å². The summed E-state index contributed by atoms with van der Waals surface area (Å²) in [6, 6.07) is 10.0. The average Bonchev–Trinajstić information content (AvgIpc) is 2.85. The number of carbonyl (C=O) groups excluding carboxylic acids is 1. The first kappa shape index (κ1) is 9.97. The van der Waals surface area contributed by atoms with Crippen molar-refractivity contribution in [3.05, 3.63) is 36.1 Å². The van der Waals surface area contributed by atoms with E-state index >= 15 is 0 Å². The van der Waals surface area contributed by atoms with Gasteiger partial charge in [-0.05, 0) is 12.1 Å². The number of benzene rings is 1. The van der Waals surface area contributed by atoms with Gasteiger partial charge in [-0.1, -0.05) is 18.2 Å². The number of carbonyl (C=O) groups is 1. The third-order valence-corrected chi connectivity index (χ3v) is 4.07. The number of para-hydroxylation sites is 1. The highest BCUT2D eigenvalue weighted by Gasteiger charge is 2.26. The molecular formula is C13H12O2S. The zero-order valence-electron chi connectivity index (χ0n) is 8.81. The molecule has 3 rings (SSSR count). The van der Waals surface area contributed by atoms with Crippen molar-refractivity contribution in [2.75, 3.05) is 11.5 Å². The number of hydrogen-bond acceptors (Lipinski definition) is 3. The zero-order chi connectivity index (χ0) is 11.0. The molecule has 3 heteroatoms. The highest BCUT2D eigenvalue weighted by Crippen LogP contribution is 2.26. The van der Waals surface area contributed by atoms with Gasteiger partial charge in [0, 0.05) is 23.5 Å². The summed E-state index contributed by atoms with van der Waals surface area (Å²) in [5.74, 6) is 3.07. The number of fused-ring (bicyclic) bond motifs is 1. The van der Waals surface area contributed by atoms with Crippen molar-refractivity contribution in [3.63, 3.8) is 0 Å². The quantitative estimate of drug-likeness (QED) is 0.797. The van der Waals surface area contributed by atoms with Gasteiger partial charge in [0.15, 0.2) is 0 Å². The Kier molecular flexibility index (Phi) is 2.48. The minimum atomic E-state index is 0.158. The molecule has 16 heavy (non-hydrogen) atoms. The Morgan fingerprint density at radius 1 is 1.38 bits per heavy atom. The fraction of sp³-hybridized carbons (Fsp3) is 0.308. The first-order chi connectivity index (χ1) is 7.83. The lowest BCUT2D eigenvalue weighted by molar-refractivity contribution is -0.119. The molecule has 0 radical (unpaired) electrons. The maximum atomic E-state index is 11.5. The second-order valence-electron chi connectivity index (χ2n) is 4.13. The Morgan fingerprint density at radius 2 is 2.25 bits per heavy atom. The van der Waals surface area contributed by atoms with Gasteiger partial charge in [0.2, 0.25) is 0 Å². The van der Waals surface area contributed by atoms with E-state index in [1.54, 1.807) is 11.8 Å². The molecule has 1 aromatic heterocycles. The monoisotopic (exact) mass is 232 g/mol. The van der Waals surface area contributed by atoms with Crippen LogP contribution in [0.5, 0.6) is 0 Å². The van der Waals surface area contributed by atoms with E-state index in [9.17, 15) is 4.79 Å². The minimum Gasteiger partial charge on any atom is -0.461 e. The first-order valence-corrected chi connectivity index (χ1v) is 6.56. The Labute approximate surface area is 98.0 Å². The highest BCUT2D eigenvalue weighted by molar-refractivity contribution is 8.00. The highest BCUT2D eigenvalue weighted by atomic mass is 32.2. The normalized spacial score (nSPS) is 20.8. The molecule has 2 heterocycles. The van der Waals surface area contributed by atoms with E-state index < -0.39 is 0 Å². The maximum absolute atomic E-state index is 11.5. The van der Waals surface area contributed by atoms with Crippen molar-refractivity contribution in [1.29, 1.82) is 0 Å². The number of Topliss-reactive ketones (excluding diaryl/α,β-unsaturated/α-hetero) is 1. The Morgan fingerprint density at radius 3 is 3.00 bits per heavy atom. The summed E-state index contributed by atoms with van der Waals surface area (Å²) in [7, 11) is 0. The summed E-state index contributed by atoms with van der Waals surface area (Å²) in [5, 5.41) is 1.12. The molecule has 1 aliphatic rings. The van der Waals surface area contributed by atoms with Crippen LogP contribution in [0.3, 0.4) is 0 Å². The predicted octanol–water partition coefficient (Wildman–Crippen LogP) is 2.91. The predicted molar refractivity (Wildman–Crippen MR) is 65.7 cm³/mol. The summed E-state index contributed by atoms with van der Waals surface area (Å²) in [6.07, 6.45) is 0.751. The van der Waals surface area contributed by atoms with Gasteiger partial charge < -0.3 is 4.42 Å². The van der Waals surface area contributed by atoms with Gasteiger partial charge in [0.1, 0.15) is 17.1 Å². The van der Waals surface area contributed by atoms with Crippen LogP contribution in [0.2, 0.25) is 0 Å². The third kappa shape index (κ3) is 1.76. The van der Waals surface area contributed by atoms with Crippen molar-refractivity contribution in [3.8, 4) is 0 Å². The van der Waals surface area contributed by atoms with Crippen molar-refractivity contribution < 1.29 is 9.21 Å². The molecule has 0 bridgehead atoms. The summed E-state index contributed by atoms with van der Waals surface area (Å²) < 4.78 is 5.72. The van der Waals surface area contributed by atoms with Crippen LogP contribution >= 0.6 is 11.8 Å². The second kappa shape index (κ2) is 3.98. The van der Waals surface area contributed by atoms with E-state index in [1.807, 2.05) is 30.3 Å². The maximum Gasteiger partial charge on any atom is 0.147 e. The van der Waals surface area contributed by atoms with Crippen LogP contribution in [0.15, 0.2) is 34.7 Å². The van der Waals surface area contributed by atoms with Gasteiger partial charge in [-0.25, -0.2) is 0 Å². The summed E-state index contributed by atoms with van der Waals surface area (Å²) >= 11 is 1.73. The van der Waals surface area contributed by atoms with Gasteiger partial charge >= 0.3 is 0 Å². The molecule has 1 saturated heterocycles. The number of hydrogen-bond donors (Lipinski definition) is 0. The molecule has 1 aliphatic heterocycles. The van der Waals surface area contributed by atoms with Crippen molar-refractivity contribution in [2.45, 2.75) is 6.42 Å². The lowest BCUT2D eigenvalue weighted by atomic mass is 10.0. The Balaban J connectivity index is 1.86. The fourth-order valence-corrected chi connectivity index (χ4v) is 3.21. The summed E-state index contributed by atoms with van der Waals surface area (Å²) in [6.45, 7) is 0. The number of thioether (sulfide) groups is 1. The Hall–Kier alpha value is -1.22. The van der Waals surface area contributed by atoms with Gasteiger partial charge in [-0.15, -0.1) is 0 Å². The van der Waals surface area contributed by atoms with Crippen molar-refractivity contribution >= 4 is 28.5 Å². The summed E-state index contributed by atoms with van der Waals surface area (Å²) in [5.41, 5.74) is 0.913. The topological polar surface area (TPSA) is 30.2 Å². The summed E-state index contributed by atoms with van der Waals surface area (Å²) in [4.78, 5) is 11.5. The number of ketones is 1. The van der Waals surface area contributed by atoms with Crippen LogP contribution in [-0.2, 0) is 11.2 Å². The SMILES string of the molecule is O=C1CSCC1Cc1cc2ccccc2o1.